The van der Waals surface area contributed by atoms with Gasteiger partial charge in [-0.1, -0.05) is 13.8 Å². The molecule has 0 aromatic heterocycles. The van der Waals surface area contributed by atoms with Crippen molar-refractivity contribution in [2.45, 2.75) is 31.4 Å². The van der Waals surface area contributed by atoms with Gasteiger partial charge in [0.2, 0.25) is 0 Å². The summed E-state index contributed by atoms with van der Waals surface area (Å²) in [5, 5.41) is 0. The Morgan fingerprint density at radius 3 is 2.82 bits per heavy atom. The number of thiol groups is 1. The average molecular weight is 173 g/mol. The summed E-state index contributed by atoms with van der Waals surface area (Å²) in [5.41, 5.74) is 0. The predicted molar refractivity (Wildman–Crippen MR) is 53.3 cm³/mol. The Hall–Kier alpha value is 0.310. The van der Waals surface area contributed by atoms with E-state index in [0.29, 0.717) is 0 Å². The van der Waals surface area contributed by atoms with Crippen LogP contribution < -0.4 is 0 Å². The maximum atomic E-state index is 4.66. The van der Waals surface area contributed by atoms with E-state index in [1.165, 1.54) is 25.9 Å². The molecule has 0 N–H and O–H groups in total. The third-order valence-electron chi connectivity index (χ3n) is 2.44. The van der Waals surface area contributed by atoms with Crippen molar-refractivity contribution in [1.29, 1.82) is 0 Å². The lowest BCUT2D eigenvalue weighted by molar-refractivity contribution is 0.310. The monoisotopic (exact) mass is 173 g/mol. The molecule has 0 bridgehead atoms. The normalized spacial score (nSPS) is 42.0. The van der Waals surface area contributed by atoms with Crippen molar-refractivity contribution in [1.82, 2.24) is 4.90 Å². The lowest BCUT2D eigenvalue weighted by atomic mass is 9.96. The molecule has 1 aliphatic rings. The molecule has 1 saturated heterocycles. The summed E-state index contributed by atoms with van der Waals surface area (Å²) in [6.07, 6.45) is 2.47. The molecule has 2 atom stereocenters. The Bertz CT molecular complexity index is 134. The van der Waals surface area contributed by atoms with E-state index >= 15 is 0 Å². The van der Waals surface area contributed by atoms with Gasteiger partial charge in [-0.3, -0.25) is 0 Å². The average Bonchev–Trinajstić information content (AvgIpc) is 1.90. The zero-order chi connectivity index (χ0) is 8.48. The van der Waals surface area contributed by atoms with Crippen molar-refractivity contribution in [3.8, 4) is 0 Å². The maximum Gasteiger partial charge on any atom is 0.0116 e. The fourth-order valence-corrected chi connectivity index (χ4v) is 2.38. The number of rotatable bonds is 0. The molecule has 0 amide bonds. The SMILES string of the molecule is CC1CN(C)CCC(C)(S)C1. The van der Waals surface area contributed by atoms with Gasteiger partial charge >= 0.3 is 0 Å². The van der Waals surface area contributed by atoms with Gasteiger partial charge in [-0.2, -0.15) is 12.6 Å². The first-order valence-corrected chi connectivity index (χ1v) is 4.85. The molecule has 0 spiro atoms. The Labute approximate surface area is 75.6 Å². The highest BCUT2D eigenvalue weighted by atomic mass is 32.1. The van der Waals surface area contributed by atoms with Crippen LogP contribution in [0.5, 0.6) is 0 Å². The summed E-state index contributed by atoms with van der Waals surface area (Å²) in [6, 6.07) is 0. The standard InChI is InChI=1S/C9H19NS/c1-8-6-9(2,11)4-5-10(3)7-8/h8,11H,4-7H2,1-3H3. The van der Waals surface area contributed by atoms with Gasteiger partial charge in [-0.05, 0) is 32.4 Å². The minimum Gasteiger partial charge on any atom is -0.306 e. The smallest absolute Gasteiger partial charge is 0.0116 e. The molecule has 11 heavy (non-hydrogen) atoms. The second kappa shape index (κ2) is 3.36. The van der Waals surface area contributed by atoms with Crippen LogP contribution in [-0.4, -0.2) is 29.8 Å². The van der Waals surface area contributed by atoms with Crippen LogP contribution in [0.15, 0.2) is 0 Å². The van der Waals surface area contributed by atoms with Crippen LogP contribution in [0.4, 0.5) is 0 Å². The highest BCUT2D eigenvalue weighted by molar-refractivity contribution is 7.81. The molecule has 66 valence electrons. The van der Waals surface area contributed by atoms with Crippen molar-refractivity contribution < 1.29 is 0 Å². The lowest BCUT2D eigenvalue weighted by Gasteiger charge is -2.22. The van der Waals surface area contributed by atoms with Crippen LogP contribution in [0.25, 0.3) is 0 Å². The van der Waals surface area contributed by atoms with E-state index in [2.05, 4.69) is 38.4 Å². The number of hydrogen-bond donors (Lipinski definition) is 1. The van der Waals surface area contributed by atoms with Gasteiger partial charge in [0.1, 0.15) is 0 Å². The first-order chi connectivity index (χ1) is 4.99. The highest BCUT2D eigenvalue weighted by Crippen LogP contribution is 2.30. The van der Waals surface area contributed by atoms with Crippen molar-refractivity contribution in [3.63, 3.8) is 0 Å². The number of likely N-dealkylation sites (tertiary alicyclic amines) is 1. The first-order valence-electron chi connectivity index (χ1n) is 4.40. The van der Waals surface area contributed by atoms with E-state index in [1.807, 2.05) is 0 Å². The zero-order valence-corrected chi connectivity index (χ0v) is 8.69. The lowest BCUT2D eigenvalue weighted by Crippen LogP contribution is -2.22. The van der Waals surface area contributed by atoms with Crippen LogP contribution in [0.1, 0.15) is 26.7 Å². The molecule has 1 fully saturated rings. The topological polar surface area (TPSA) is 3.24 Å². The van der Waals surface area contributed by atoms with Gasteiger partial charge in [-0.25, -0.2) is 0 Å². The summed E-state index contributed by atoms with van der Waals surface area (Å²) in [6.45, 7) is 7.00. The predicted octanol–water partition coefficient (Wildman–Crippen LogP) is 2.04. The second-order valence-electron chi connectivity index (χ2n) is 4.32. The molecule has 0 saturated carbocycles. The molecule has 0 aliphatic carbocycles. The van der Waals surface area contributed by atoms with E-state index < -0.39 is 0 Å². The molecule has 0 aromatic carbocycles. The third kappa shape index (κ3) is 3.04. The summed E-state index contributed by atoms with van der Waals surface area (Å²) in [7, 11) is 2.20. The molecule has 0 radical (unpaired) electrons. The molecule has 1 nitrogen and oxygen atoms in total. The molecule has 2 heteroatoms. The van der Waals surface area contributed by atoms with Crippen LogP contribution >= 0.6 is 12.6 Å². The summed E-state index contributed by atoms with van der Waals surface area (Å²) in [5.74, 6) is 0.796. The Morgan fingerprint density at radius 2 is 2.18 bits per heavy atom. The summed E-state index contributed by atoms with van der Waals surface area (Å²) >= 11 is 4.66. The van der Waals surface area contributed by atoms with Gasteiger partial charge in [0, 0.05) is 11.3 Å². The van der Waals surface area contributed by atoms with E-state index in [9.17, 15) is 0 Å². The van der Waals surface area contributed by atoms with Crippen LogP contribution in [0.2, 0.25) is 0 Å². The molecule has 1 heterocycles. The van der Waals surface area contributed by atoms with Crippen LogP contribution in [0.3, 0.4) is 0 Å². The van der Waals surface area contributed by atoms with Crippen LogP contribution in [-0.2, 0) is 0 Å². The Balaban J connectivity index is 2.53. The van der Waals surface area contributed by atoms with E-state index in [-0.39, 0.29) is 4.75 Å². The number of nitrogens with zero attached hydrogens (tertiary/aromatic N) is 1. The van der Waals surface area contributed by atoms with Gasteiger partial charge in [0.05, 0.1) is 0 Å². The Morgan fingerprint density at radius 1 is 1.55 bits per heavy atom. The molecule has 1 aliphatic heterocycles. The minimum absolute atomic E-state index is 0.268. The van der Waals surface area contributed by atoms with E-state index in [0.717, 1.165) is 5.92 Å². The van der Waals surface area contributed by atoms with Gasteiger partial charge in [0.15, 0.2) is 0 Å². The molecule has 0 aromatic rings. The number of hydrogen-bond acceptors (Lipinski definition) is 2. The summed E-state index contributed by atoms with van der Waals surface area (Å²) < 4.78 is 0.268. The van der Waals surface area contributed by atoms with Crippen molar-refractivity contribution in [2.75, 3.05) is 20.1 Å². The van der Waals surface area contributed by atoms with Crippen molar-refractivity contribution in [2.24, 2.45) is 5.92 Å². The minimum atomic E-state index is 0.268. The van der Waals surface area contributed by atoms with Crippen molar-refractivity contribution in [3.05, 3.63) is 0 Å². The van der Waals surface area contributed by atoms with Gasteiger partial charge in [-0.15, -0.1) is 0 Å². The van der Waals surface area contributed by atoms with Crippen LogP contribution in [0, 0.1) is 5.92 Å². The van der Waals surface area contributed by atoms with Gasteiger partial charge in [0.25, 0.3) is 0 Å². The molecule has 2 unspecified atom stereocenters. The maximum absolute atomic E-state index is 4.66. The second-order valence-corrected chi connectivity index (χ2v) is 5.40. The fraction of sp³-hybridized carbons (Fsp3) is 1.00. The first kappa shape index (κ1) is 9.40. The van der Waals surface area contributed by atoms with E-state index in [4.69, 9.17) is 0 Å². The summed E-state index contributed by atoms with van der Waals surface area (Å²) in [4.78, 5) is 2.41. The van der Waals surface area contributed by atoms with Crippen molar-refractivity contribution >= 4 is 12.6 Å². The largest absolute Gasteiger partial charge is 0.306 e. The molecular weight excluding hydrogens is 154 g/mol. The fourth-order valence-electron chi connectivity index (χ4n) is 1.97. The third-order valence-corrected chi connectivity index (χ3v) is 2.85. The zero-order valence-electron chi connectivity index (χ0n) is 7.80. The highest BCUT2D eigenvalue weighted by Gasteiger charge is 2.26. The van der Waals surface area contributed by atoms with E-state index in [1.54, 1.807) is 0 Å². The quantitative estimate of drug-likeness (QED) is 0.549. The molecule has 1 rings (SSSR count). The Kier molecular flexibility index (Phi) is 2.87. The molecular formula is C9H19NS. The van der Waals surface area contributed by atoms with Gasteiger partial charge < -0.3 is 4.90 Å².